The predicted octanol–water partition coefficient (Wildman–Crippen LogP) is 7.80. The summed E-state index contributed by atoms with van der Waals surface area (Å²) in [6.07, 6.45) is 8.21. The van der Waals surface area contributed by atoms with Crippen LogP contribution in [0.1, 0.15) is 85.3 Å². The maximum atomic E-state index is 6.56. The standard InChI is InChI=1S/C32H43N5/c1-22(31(5,6)7)25-16-15-23(20-35-25)29-26(19-30(2,3)4)36-21-28(37-29)32(8,9)27(33)17-18-34-24-13-11-10-12-14-24/h10-18,20-22H,19,33H2,1-9H3. The van der Waals surface area contributed by atoms with Gasteiger partial charge in [-0.1, -0.05) is 66.7 Å². The van der Waals surface area contributed by atoms with E-state index in [2.05, 4.69) is 79.4 Å². The Labute approximate surface area is 223 Å². The Bertz CT molecular complexity index is 1240. The van der Waals surface area contributed by atoms with Crippen LogP contribution in [0.5, 0.6) is 0 Å². The fraction of sp³-hybridized carbons (Fsp3) is 0.438. The topological polar surface area (TPSA) is 77.0 Å². The van der Waals surface area contributed by atoms with Gasteiger partial charge in [0, 0.05) is 46.9 Å². The van der Waals surface area contributed by atoms with Crippen molar-refractivity contribution in [2.75, 3.05) is 0 Å². The number of hydrogen-bond donors (Lipinski definition) is 1. The van der Waals surface area contributed by atoms with Gasteiger partial charge in [-0.25, -0.2) is 4.98 Å². The number of aromatic nitrogens is 3. The van der Waals surface area contributed by atoms with Crippen LogP contribution < -0.4 is 5.73 Å². The first-order valence-corrected chi connectivity index (χ1v) is 13.1. The minimum absolute atomic E-state index is 0.0708. The van der Waals surface area contributed by atoms with Crippen molar-refractivity contribution in [3.63, 3.8) is 0 Å². The summed E-state index contributed by atoms with van der Waals surface area (Å²) in [5, 5.41) is 0. The third kappa shape index (κ3) is 7.34. The number of aliphatic imine (C=N–C) groups is 1. The third-order valence-electron chi connectivity index (χ3n) is 6.94. The van der Waals surface area contributed by atoms with Gasteiger partial charge in [-0.2, -0.15) is 0 Å². The number of para-hydroxylation sites is 1. The van der Waals surface area contributed by atoms with Gasteiger partial charge in [0.15, 0.2) is 0 Å². The lowest BCUT2D eigenvalue weighted by Crippen LogP contribution is -2.28. The number of rotatable bonds is 7. The molecule has 0 saturated carbocycles. The van der Waals surface area contributed by atoms with Crippen LogP contribution in [0.15, 0.2) is 71.6 Å². The second kappa shape index (κ2) is 11.0. The molecule has 0 spiro atoms. The molecule has 0 fully saturated rings. The van der Waals surface area contributed by atoms with E-state index in [0.717, 1.165) is 40.4 Å². The Morgan fingerprint density at radius 2 is 1.59 bits per heavy atom. The second-order valence-electron chi connectivity index (χ2n) is 12.7. The highest BCUT2D eigenvalue weighted by Gasteiger charge is 2.28. The molecule has 3 rings (SSSR count). The minimum Gasteiger partial charge on any atom is -0.401 e. The Balaban J connectivity index is 2.00. The zero-order valence-corrected chi connectivity index (χ0v) is 24.0. The molecule has 2 N–H and O–H groups in total. The van der Waals surface area contributed by atoms with E-state index in [-0.39, 0.29) is 10.8 Å². The fourth-order valence-corrected chi connectivity index (χ4v) is 3.90. The highest BCUT2D eigenvalue weighted by molar-refractivity contribution is 5.75. The molecule has 196 valence electrons. The van der Waals surface area contributed by atoms with Crippen molar-refractivity contribution in [3.8, 4) is 11.3 Å². The van der Waals surface area contributed by atoms with E-state index < -0.39 is 5.41 Å². The van der Waals surface area contributed by atoms with Crippen molar-refractivity contribution in [2.45, 2.75) is 80.1 Å². The molecule has 0 aliphatic carbocycles. The summed E-state index contributed by atoms with van der Waals surface area (Å²) in [6.45, 7) is 19.8. The van der Waals surface area contributed by atoms with Gasteiger partial charge in [-0.15, -0.1) is 0 Å². The van der Waals surface area contributed by atoms with E-state index in [4.69, 9.17) is 20.7 Å². The summed E-state index contributed by atoms with van der Waals surface area (Å²) in [7, 11) is 0. The molecule has 0 amide bonds. The zero-order chi connectivity index (χ0) is 27.4. The molecule has 0 radical (unpaired) electrons. The molecule has 3 aromatic rings. The number of benzene rings is 1. The minimum atomic E-state index is -0.529. The lowest BCUT2D eigenvalue weighted by molar-refractivity contribution is 0.334. The molecule has 5 nitrogen and oxygen atoms in total. The summed E-state index contributed by atoms with van der Waals surface area (Å²) >= 11 is 0. The van der Waals surface area contributed by atoms with Crippen LogP contribution in [0, 0.1) is 10.8 Å². The molecular formula is C32H43N5. The van der Waals surface area contributed by atoms with Crippen molar-refractivity contribution in [1.82, 2.24) is 15.0 Å². The number of nitrogens with zero attached hydrogens (tertiary/aromatic N) is 4. The van der Waals surface area contributed by atoms with E-state index in [1.54, 1.807) is 6.21 Å². The Morgan fingerprint density at radius 1 is 0.919 bits per heavy atom. The molecule has 2 aromatic heterocycles. The number of nitrogens with two attached hydrogens (primary N) is 1. The highest BCUT2D eigenvalue weighted by atomic mass is 14.9. The summed E-state index contributed by atoms with van der Waals surface area (Å²) in [5.74, 6) is 0.342. The van der Waals surface area contributed by atoms with Crippen molar-refractivity contribution < 1.29 is 0 Å². The first-order chi connectivity index (χ1) is 17.2. The summed E-state index contributed by atoms with van der Waals surface area (Å²) in [6, 6.07) is 14.1. The maximum absolute atomic E-state index is 6.56. The van der Waals surface area contributed by atoms with Gasteiger partial charge >= 0.3 is 0 Å². The smallest absolute Gasteiger partial charge is 0.0936 e. The normalized spacial score (nSPS) is 14.2. The average molecular weight is 498 g/mol. The van der Waals surface area contributed by atoms with E-state index in [1.807, 2.05) is 48.8 Å². The Morgan fingerprint density at radius 3 is 2.16 bits per heavy atom. The van der Waals surface area contributed by atoms with Crippen LogP contribution in [0.2, 0.25) is 0 Å². The Hall–Kier alpha value is -3.34. The van der Waals surface area contributed by atoms with Gasteiger partial charge in [-0.3, -0.25) is 15.0 Å². The molecule has 5 heteroatoms. The van der Waals surface area contributed by atoms with Gasteiger partial charge < -0.3 is 5.73 Å². The third-order valence-corrected chi connectivity index (χ3v) is 6.94. The second-order valence-corrected chi connectivity index (χ2v) is 12.7. The average Bonchev–Trinajstić information content (AvgIpc) is 2.83. The van der Waals surface area contributed by atoms with E-state index in [1.165, 1.54) is 0 Å². The molecule has 1 atom stereocenters. The first kappa shape index (κ1) is 28.2. The number of allylic oxidation sites excluding steroid dienone is 2. The van der Waals surface area contributed by atoms with Gasteiger partial charge in [0.1, 0.15) is 0 Å². The van der Waals surface area contributed by atoms with Crippen molar-refractivity contribution in [3.05, 3.63) is 83.7 Å². The van der Waals surface area contributed by atoms with Crippen LogP contribution in [0.25, 0.3) is 11.3 Å². The van der Waals surface area contributed by atoms with Gasteiger partial charge in [0.25, 0.3) is 0 Å². The van der Waals surface area contributed by atoms with Crippen LogP contribution in [0.3, 0.4) is 0 Å². The summed E-state index contributed by atoms with van der Waals surface area (Å²) < 4.78 is 0. The highest BCUT2D eigenvalue weighted by Crippen LogP contribution is 2.35. The van der Waals surface area contributed by atoms with Crippen molar-refractivity contribution >= 4 is 11.9 Å². The summed E-state index contributed by atoms with van der Waals surface area (Å²) in [5.41, 5.74) is 12.5. The molecule has 0 aliphatic rings. The van der Waals surface area contributed by atoms with Crippen molar-refractivity contribution in [2.24, 2.45) is 21.6 Å². The van der Waals surface area contributed by atoms with Crippen LogP contribution >= 0.6 is 0 Å². The SMILES string of the molecule is CC(c1ccc(-c2nc(C(C)(C)C(N)=CC=Nc3ccccc3)cnc2CC(C)(C)C)cn1)C(C)(C)C. The summed E-state index contributed by atoms with van der Waals surface area (Å²) in [4.78, 5) is 19.4. The quantitative estimate of drug-likeness (QED) is 0.338. The number of hydrogen-bond acceptors (Lipinski definition) is 5. The van der Waals surface area contributed by atoms with Gasteiger partial charge in [-0.05, 0) is 61.4 Å². The molecule has 1 aromatic carbocycles. The molecular weight excluding hydrogens is 454 g/mol. The lowest BCUT2D eigenvalue weighted by atomic mass is 9.80. The first-order valence-electron chi connectivity index (χ1n) is 13.1. The van der Waals surface area contributed by atoms with E-state index in [9.17, 15) is 0 Å². The molecule has 37 heavy (non-hydrogen) atoms. The van der Waals surface area contributed by atoms with Crippen LogP contribution in [-0.2, 0) is 11.8 Å². The van der Waals surface area contributed by atoms with Gasteiger partial charge in [0.05, 0.1) is 22.8 Å². The van der Waals surface area contributed by atoms with Crippen LogP contribution in [-0.4, -0.2) is 21.2 Å². The predicted molar refractivity (Wildman–Crippen MR) is 156 cm³/mol. The molecule has 0 saturated heterocycles. The molecule has 0 aliphatic heterocycles. The van der Waals surface area contributed by atoms with E-state index in [0.29, 0.717) is 11.6 Å². The number of pyridine rings is 1. The molecule has 1 unspecified atom stereocenters. The van der Waals surface area contributed by atoms with Gasteiger partial charge in [0.2, 0.25) is 0 Å². The van der Waals surface area contributed by atoms with E-state index >= 15 is 0 Å². The largest absolute Gasteiger partial charge is 0.401 e. The fourth-order valence-electron chi connectivity index (χ4n) is 3.90. The van der Waals surface area contributed by atoms with Crippen LogP contribution in [0.4, 0.5) is 5.69 Å². The maximum Gasteiger partial charge on any atom is 0.0936 e. The van der Waals surface area contributed by atoms with Crippen molar-refractivity contribution in [1.29, 1.82) is 0 Å². The monoisotopic (exact) mass is 497 g/mol. The molecule has 0 bridgehead atoms. The lowest BCUT2D eigenvalue weighted by Gasteiger charge is -2.27. The zero-order valence-electron chi connectivity index (χ0n) is 24.0. The molecule has 2 heterocycles. The Kier molecular flexibility index (Phi) is 8.36.